The van der Waals surface area contributed by atoms with Gasteiger partial charge in [0.2, 0.25) is 11.8 Å². The van der Waals surface area contributed by atoms with Crippen molar-refractivity contribution >= 4 is 29.1 Å². The van der Waals surface area contributed by atoms with Gasteiger partial charge in [0.05, 0.1) is 6.04 Å². The van der Waals surface area contributed by atoms with Gasteiger partial charge in [-0.1, -0.05) is 17.7 Å². The highest BCUT2D eigenvalue weighted by molar-refractivity contribution is 6.31. The van der Waals surface area contributed by atoms with E-state index in [1.54, 1.807) is 0 Å². The van der Waals surface area contributed by atoms with Gasteiger partial charge in [-0.3, -0.25) is 14.5 Å². The van der Waals surface area contributed by atoms with Gasteiger partial charge in [-0.25, -0.2) is 0 Å². The summed E-state index contributed by atoms with van der Waals surface area (Å²) >= 11 is 6.13. The normalized spacial score (nSPS) is 20.2. The Bertz CT molecular complexity index is 665. The average Bonchev–Trinajstić information content (AvgIpc) is 3.19. The Kier molecular flexibility index (Phi) is 6.20. The molecular formula is C20H28ClN3O2. The van der Waals surface area contributed by atoms with Crippen LogP contribution in [-0.2, 0) is 9.59 Å². The Morgan fingerprint density at radius 2 is 1.81 bits per heavy atom. The van der Waals surface area contributed by atoms with Crippen LogP contribution in [-0.4, -0.2) is 53.8 Å². The van der Waals surface area contributed by atoms with Crippen LogP contribution in [0.15, 0.2) is 18.2 Å². The molecule has 2 heterocycles. The summed E-state index contributed by atoms with van der Waals surface area (Å²) in [6.07, 6.45) is 3.93. The minimum Gasteiger partial charge on any atom is -0.342 e. The van der Waals surface area contributed by atoms with Crippen molar-refractivity contribution in [3.05, 3.63) is 28.8 Å². The highest BCUT2D eigenvalue weighted by atomic mass is 35.5. The molecule has 1 unspecified atom stereocenters. The van der Waals surface area contributed by atoms with Gasteiger partial charge >= 0.3 is 0 Å². The standard InChI is InChI=1S/C20H28ClN3O2/c1-14-17(21)6-5-7-18(14)22-19(25)15(2)23-12-8-16(9-13-23)20(26)24-10-3-4-11-24/h5-7,15-16H,3-4,8-13H2,1-2H3,(H,22,25). The van der Waals surface area contributed by atoms with Crippen LogP contribution in [0.3, 0.4) is 0 Å². The molecule has 0 saturated carbocycles. The van der Waals surface area contributed by atoms with Crippen LogP contribution in [0.2, 0.25) is 5.02 Å². The van der Waals surface area contributed by atoms with Crippen LogP contribution < -0.4 is 5.32 Å². The topological polar surface area (TPSA) is 52.7 Å². The first-order valence-electron chi connectivity index (χ1n) is 9.56. The number of hydrogen-bond acceptors (Lipinski definition) is 3. The Hall–Kier alpha value is -1.59. The van der Waals surface area contributed by atoms with E-state index in [1.807, 2.05) is 36.9 Å². The van der Waals surface area contributed by atoms with Crippen LogP contribution in [0, 0.1) is 12.8 Å². The molecule has 0 aromatic heterocycles. The minimum absolute atomic E-state index is 0.0281. The first kappa shape index (κ1) is 19.2. The fourth-order valence-corrected chi connectivity index (χ4v) is 4.05. The van der Waals surface area contributed by atoms with Crippen LogP contribution in [0.1, 0.15) is 38.2 Å². The van der Waals surface area contributed by atoms with E-state index in [9.17, 15) is 9.59 Å². The first-order valence-corrected chi connectivity index (χ1v) is 9.94. The highest BCUT2D eigenvalue weighted by Crippen LogP contribution is 2.25. The number of halogens is 1. The third-order valence-corrected chi connectivity index (χ3v) is 6.16. The number of amides is 2. The Balaban J connectivity index is 1.52. The number of carbonyl (C=O) groups is 2. The summed E-state index contributed by atoms with van der Waals surface area (Å²) in [5.74, 6) is 0.406. The number of nitrogens with one attached hydrogen (secondary N) is 1. The highest BCUT2D eigenvalue weighted by Gasteiger charge is 2.32. The zero-order valence-electron chi connectivity index (χ0n) is 15.6. The van der Waals surface area contributed by atoms with E-state index >= 15 is 0 Å². The summed E-state index contributed by atoms with van der Waals surface area (Å²) in [7, 11) is 0. The monoisotopic (exact) mass is 377 g/mol. The van der Waals surface area contributed by atoms with Crippen molar-refractivity contribution in [2.45, 2.75) is 45.6 Å². The van der Waals surface area contributed by atoms with E-state index in [1.165, 1.54) is 0 Å². The van der Waals surface area contributed by atoms with Gasteiger partial charge in [0.15, 0.2) is 0 Å². The molecule has 2 saturated heterocycles. The molecular weight excluding hydrogens is 350 g/mol. The van der Waals surface area contributed by atoms with Gasteiger partial charge < -0.3 is 10.2 Å². The second kappa shape index (κ2) is 8.40. The van der Waals surface area contributed by atoms with Crippen LogP contribution in [0.5, 0.6) is 0 Å². The van der Waals surface area contributed by atoms with Crippen molar-refractivity contribution in [1.29, 1.82) is 0 Å². The van der Waals surface area contributed by atoms with E-state index in [0.29, 0.717) is 10.9 Å². The molecule has 2 fully saturated rings. The first-order chi connectivity index (χ1) is 12.5. The molecule has 1 atom stereocenters. The zero-order chi connectivity index (χ0) is 18.7. The predicted octanol–water partition coefficient (Wildman–Crippen LogP) is 3.31. The second-order valence-electron chi connectivity index (χ2n) is 7.42. The SMILES string of the molecule is Cc1c(Cl)cccc1NC(=O)C(C)N1CCC(C(=O)N2CCCC2)CC1. The summed E-state index contributed by atoms with van der Waals surface area (Å²) in [6.45, 7) is 7.23. The lowest BCUT2D eigenvalue weighted by atomic mass is 9.94. The summed E-state index contributed by atoms with van der Waals surface area (Å²) in [6, 6.07) is 5.30. The number of hydrogen-bond donors (Lipinski definition) is 1. The van der Waals surface area contributed by atoms with Crippen molar-refractivity contribution < 1.29 is 9.59 Å². The maximum absolute atomic E-state index is 12.6. The van der Waals surface area contributed by atoms with Gasteiger partial charge in [-0.05, 0) is 70.3 Å². The van der Waals surface area contributed by atoms with Crippen LogP contribution >= 0.6 is 11.6 Å². The molecule has 0 radical (unpaired) electrons. The number of likely N-dealkylation sites (tertiary alicyclic amines) is 2. The number of carbonyl (C=O) groups excluding carboxylic acids is 2. The molecule has 26 heavy (non-hydrogen) atoms. The van der Waals surface area contributed by atoms with Crippen LogP contribution in [0.25, 0.3) is 0 Å². The summed E-state index contributed by atoms with van der Waals surface area (Å²) < 4.78 is 0. The van der Waals surface area contributed by atoms with Gasteiger partial charge in [0.25, 0.3) is 0 Å². The molecule has 1 aromatic carbocycles. The summed E-state index contributed by atoms with van der Waals surface area (Å²) in [4.78, 5) is 29.3. The molecule has 6 heteroatoms. The molecule has 2 amide bonds. The van der Waals surface area contributed by atoms with Crippen molar-refractivity contribution in [3.63, 3.8) is 0 Å². The zero-order valence-corrected chi connectivity index (χ0v) is 16.4. The molecule has 0 bridgehead atoms. The maximum Gasteiger partial charge on any atom is 0.241 e. The largest absolute Gasteiger partial charge is 0.342 e. The van der Waals surface area contributed by atoms with E-state index in [-0.39, 0.29) is 17.9 Å². The van der Waals surface area contributed by atoms with E-state index in [2.05, 4.69) is 10.2 Å². The predicted molar refractivity (Wildman–Crippen MR) is 104 cm³/mol. The van der Waals surface area contributed by atoms with Gasteiger partial charge in [-0.15, -0.1) is 0 Å². The number of nitrogens with zero attached hydrogens (tertiary/aromatic N) is 2. The smallest absolute Gasteiger partial charge is 0.241 e. The van der Waals surface area contributed by atoms with Crippen molar-refractivity contribution in [1.82, 2.24) is 9.80 Å². The average molecular weight is 378 g/mol. The maximum atomic E-state index is 12.6. The molecule has 1 aromatic rings. The molecule has 2 aliphatic heterocycles. The number of piperidine rings is 1. The number of benzene rings is 1. The molecule has 1 N–H and O–H groups in total. The Labute approximate surface area is 160 Å². The van der Waals surface area contributed by atoms with Crippen molar-refractivity contribution in [3.8, 4) is 0 Å². The third kappa shape index (κ3) is 4.21. The van der Waals surface area contributed by atoms with Gasteiger partial charge in [0.1, 0.15) is 0 Å². The number of rotatable bonds is 4. The molecule has 2 aliphatic rings. The van der Waals surface area contributed by atoms with E-state index in [4.69, 9.17) is 11.6 Å². The quantitative estimate of drug-likeness (QED) is 0.875. The Morgan fingerprint density at radius 3 is 2.46 bits per heavy atom. The van der Waals surface area contributed by atoms with Gasteiger partial charge in [-0.2, -0.15) is 0 Å². The minimum atomic E-state index is -0.226. The lowest BCUT2D eigenvalue weighted by Gasteiger charge is -2.36. The van der Waals surface area contributed by atoms with E-state index < -0.39 is 0 Å². The lowest BCUT2D eigenvalue weighted by molar-refractivity contribution is -0.136. The molecule has 5 nitrogen and oxygen atoms in total. The summed E-state index contributed by atoms with van der Waals surface area (Å²) in [5.41, 5.74) is 1.64. The third-order valence-electron chi connectivity index (χ3n) is 5.75. The molecule has 3 rings (SSSR count). The second-order valence-corrected chi connectivity index (χ2v) is 7.83. The van der Waals surface area contributed by atoms with Crippen molar-refractivity contribution in [2.75, 3.05) is 31.5 Å². The molecule has 142 valence electrons. The van der Waals surface area contributed by atoms with Crippen molar-refractivity contribution in [2.24, 2.45) is 5.92 Å². The summed E-state index contributed by atoms with van der Waals surface area (Å²) in [5, 5.41) is 3.64. The van der Waals surface area contributed by atoms with E-state index in [0.717, 1.165) is 63.1 Å². The molecule has 0 aliphatic carbocycles. The lowest BCUT2D eigenvalue weighted by Crippen LogP contribution is -2.48. The Morgan fingerprint density at radius 1 is 1.15 bits per heavy atom. The number of anilines is 1. The fourth-order valence-electron chi connectivity index (χ4n) is 3.88. The van der Waals surface area contributed by atoms with Crippen LogP contribution in [0.4, 0.5) is 5.69 Å². The molecule has 0 spiro atoms. The fraction of sp³-hybridized carbons (Fsp3) is 0.600. The van der Waals surface area contributed by atoms with Gasteiger partial charge in [0, 0.05) is 29.7 Å².